The zero-order valence-electron chi connectivity index (χ0n) is 16.4. The molecule has 2 N–H and O–H groups in total. The predicted octanol–water partition coefficient (Wildman–Crippen LogP) is 3.52. The van der Waals surface area contributed by atoms with Gasteiger partial charge in [-0.2, -0.15) is 0 Å². The Hall–Kier alpha value is -1.76. The maximum atomic E-state index is 12.9. The van der Waals surface area contributed by atoms with Crippen molar-refractivity contribution in [2.24, 2.45) is 5.92 Å². The van der Waals surface area contributed by atoms with Gasteiger partial charge in [0.15, 0.2) is 0 Å². The third-order valence-corrected chi connectivity index (χ3v) is 7.19. The molecular formula is C22H29N3O2S. The molecule has 28 heavy (non-hydrogen) atoms. The van der Waals surface area contributed by atoms with Crippen LogP contribution in [-0.2, 0) is 11.3 Å². The molecule has 1 aliphatic carbocycles. The molecule has 1 amide bonds. The van der Waals surface area contributed by atoms with Gasteiger partial charge in [-0.25, -0.2) is 0 Å². The molecule has 0 aromatic carbocycles. The molecule has 3 heterocycles. The first-order valence-corrected chi connectivity index (χ1v) is 11.1. The number of piperidine rings is 1. The van der Waals surface area contributed by atoms with E-state index in [1.165, 1.54) is 4.88 Å². The summed E-state index contributed by atoms with van der Waals surface area (Å²) < 4.78 is 0. The van der Waals surface area contributed by atoms with Crippen molar-refractivity contribution < 1.29 is 9.90 Å². The van der Waals surface area contributed by atoms with E-state index in [0.29, 0.717) is 6.42 Å². The van der Waals surface area contributed by atoms with Crippen molar-refractivity contribution in [2.75, 3.05) is 6.54 Å². The molecule has 5 nitrogen and oxygen atoms in total. The highest BCUT2D eigenvalue weighted by molar-refractivity contribution is 7.10. The van der Waals surface area contributed by atoms with Gasteiger partial charge in [0.1, 0.15) is 0 Å². The number of likely N-dealkylation sites (tertiary alicyclic amines) is 1. The van der Waals surface area contributed by atoms with Crippen molar-refractivity contribution in [3.05, 3.63) is 52.5 Å². The maximum Gasteiger partial charge on any atom is 0.223 e. The fourth-order valence-electron chi connectivity index (χ4n) is 4.62. The van der Waals surface area contributed by atoms with E-state index >= 15 is 0 Å². The number of aliphatic hydroxyl groups is 1. The molecule has 2 aromatic heterocycles. The lowest BCUT2D eigenvalue weighted by Crippen LogP contribution is -2.62. The first-order valence-electron chi connectivity index (χ1n) is 10.2. The lowest BCUT2D eigenvalue weighted by Gasteiger charge is -2.49. The molecule has 150 valence electrons. The molecule has 3 atom stereocenters. The lowest BCUT2D eigenvalue weighted by molar-refractivity contribution is -0.132. The zero-order chi connectivity index (χ0) is 19.6. The van der Waals surface area contributed by atoms with Crippen LogP contribution in [-0.4, -0.2) is 39.1 Å². The first-order chi connectivity index (χ1) is 13.5. The minimum atomic E-state index is -0.936. The van der Waals surface area contributed by atoms with Gasteiger partial charge in [-0.15, -0.1) is 11.3 Å². The Morgan fingerprint density at radius 3 is 2.86 bits per heavy atom. The molecule has 0 radical (unpaired) electrons. The zero-order valence-corrected chi connectivity index (χ0v) is 17.2. The van der Waals surface area contributed by atoms with Crippen LogP contribution < -0.4 is 5.32 Å². The number of carbonyl (C=O) groups is 1. The summed E-state index contributed by atoms with van der Waals surface area (Å²) in [4.78, 5) is 20.7. The summed E-state index contributed by atoms with van der Waals surface area (Å²) in [5, 5.41) is 16.6. The predicted molar refractivity (Wildman–Crippen MR) is 111 cm³/mol. The fourth-order valence-corrected chi connectivity index (χ4v) is 5.51. The number of pyridine rings is 1. The Balaban J connectivity index is 1.62. The smallest absolute Gasteiger partial charge is 0.223 e. The maximum absolute atomic E-state index is 12.9. The van der Waals surface area contributed by atoms with Crippen LogP contribution >= 0.6 is 11.3 Å². The van der Waals surface area contributed by atoms with Crippen LogP contribution in [0.2, 0.25) is 0 Å². The molecule has 0 spiro atoms. The Morgan fingerprint density at radius 2 is 2.18 bits per heavy atom. The van der Waals surface area contributed by atoms with E-state index in [2.05, 4.69) is 32.7 Å². The number of thiophene rings is 1. The summed E-state index contributed by atoms with van der Waals surface area (Å²) >= 11 is 1.69. The number of carbonyl (C=O) groups excluding carboxylic acids is 1. The molecule has 1 aliphatic heterocycles. The second kappa shape index (κ2) is 8.31. The lowest BCUT2D eigenvalue weighted by atomic mass is 9.81. The van der Waals surface area contributed by atoms with Gasteiger partial charge < -0.3 is 10.4 Å². The monoisotopic (exact) mass is 399 g/mol. The minimum Gasteiger partial charge on any atom is -0.388 e. The highest BCUT2D eigenvalue weighted by Crippen LogP contribution is 2.40. The number of hydrogen-bond donors (Lipinski definition) is 2. The number of nitrogens with one attached hydrogen (secondary N) is 1. The molecule has 4 rings (SSSR count). The Kier molecular flexibility index (Phi) is 5.80. The van der Waals surface area contributed by atoms with Crippen molar-refractivity contribution in [3.63, 3.8) is 0 Å². The van der Waals surface area contributed by atoms with Crippen molar-refractivity contribution in [1.82, 2.24) is 15.2 Å². The van der Waals surface area contributed by atoms with E-state index in [4.69, 9.17) is 0 Å². The fraction of sp³-hybridized carbons (Fsp3) is 0.545. The largest absolute Gasteiger partial charge is 0.388 e. The highest BCUT2D eigenvalue weighted by Gasteiger charge is 2.47. The third kappa shape index (κ3) is 4.14. The van der Waals surface area contributed by atoms with Gasteiger partial charge >= 0.3 is 0 Å². The molecule has 2 aromatic rings. The molecule has 1 saturated carbocycles. The molecule has 0 unspecified atom stereocenters. The highest BCUT2D eigenvalue weighted by atomic mass is 32.1. The van der Waals surface area contributed by atoms with E-state index in [-0.39, 0.29) is 23.9 Å². The standard InChI is InChI=1S/C22H29N3O2S/c1-22(27)10-12-25(15-16-6-4-11-23-14-16)19(18-9-5-13-28-18)20(22)24-21(26)17-7-2-3-8-17/h4-6,9,11,13-14,17,19-20,27H,2-3,7-8,10,12,15H2,1H3,(H,24,26)/t19-,20-,22+/m0/s1. The average Bonchev–Trinajstić information content (AvgIpc) is 3.39. The number of aromatic nitrogens is 1. The van der Waals surface area contributed by atoms with Crippen LogP contribution in [0.25, 0.3) is 0 Å². The van der Waals surface area contributed by atoms with Crippen molar-refractivity contribution >= 4 is 17.2 Å². The summed E-state index contributed by atoms with van der Waals surface area (Å²) in [6.07, 6.45) is 8.48. The van der Waals surface area contributed by atoms with Gasteiger partial charge in [0.05, 0.1) is 17.7 Å². The Morgan fingerprint density at radius 1 is 1.36 bits per heavy atom. The van der Waals surface area contributed by atoms with Crippen LogP contribution in [0.1, 0.15) is 55.5 Å². The van der Waals surface area contributed by atoms with Crippen molar-refractivity contribution in [3.8, 4) is 0 Å². The van der Waals surface area contributed by atoms with E-state index < -0.39 is 5.60 Å². The number of rotatable bonds is 5. The molecule has 2 fully saturated rings. The summed E-state index contributed by atoms with van der Waals surface area (Å²) in [6.45, 7) is 3.40. The number of amides is 1. The summed E-state index contributed by atoms with van der Waals surface area (Å²) in [7, 11) is 0. The molecule has 6 heteroatoms. The van der Waals surface area contributed by atoms with E-state index in [1.54, 1.807) is 17.5 Å². The SMILES string of the molecule is C[C@@]1(O)CCN(Cc2cccnc2)[C@@H](c2cccs2)[C@@H]1NC(=O)C1CCCC1. The summed E-state index contributed by atoms with van der Waals surface area (Å²) in [6, 6.07) is 7.81. The third-order valence-electron chi connectivity index (χ3n) is 6.25. The van der Waals surface area contributed by atoms with Crippen LogP contribution in [0.15, 0.2) is 42.0 Å². The first kappa shape index (κ1) is 19.6. The van der Waals surface area contributed by atoms with Crippen LogP contribution in [0.4, 0.5) is 0 Å². The minimum absolute atomic E-state index is 0.0469. The number of nitrogens with zero attached hydrogens (tertiary/aromatic N) is 2. The normalized spacial score (nSPS) is 29.1. The van der Waals surface area contributed by atoms with Gasteiger partial charge in [-0.05, 0) is 49.3 Å². The van der Waals surface area contributed by atoms with E-state index in [0.717, 1.165) is 44.3 Å². The van der Waals surface area contributed by atoms with Crippen molar-refractivity contribution in [1.29, 1.82) is 0 Å². The molecule has 2 aliphatic rings. The van der Waals surface area contributed by atoms with E-state index in [9.17, 15) is 9.90 Å². The average molecular weight is 400 g/mol. The summed E-state index contributed by atoms with van der Waals surface area (Å²) in [5.41, 5.74) is 0.209. The molecular weight excluding hydrogens is 370 g/mol. The van der Waals surface area contributed by atoms with Gasteiger partial charge in [-0.3, -0.25) is 14.7 Å². The summed E-state index contributed by atoms with van der Waals surface area (Å²) in [5.74, 6) is 0.195. The van der Waals surface area contributed by atoms with Gasteiger partial charge in [0.25, 0.3) is 0 Å². The van der Waals surface area contributed by atoms with Crippen LogP contribution in [0, 0.1) is 5.92 Å². The van der Waals surface area contributed by atoms with Gasteiger partial charge in [-0.1, -0.05) is 25.0 Å². The van der Waals surface area contributed by atoms with Crippen LogP contribution in [0.3, 0.4) is 0 Å². The Labute approximate surface area is 170 Å². The topological polar surface area (TPSA) is 65.5 Å². The van der Waals surface area contributed by atoms with Gasteiger partial charge in [0.2, 0.25) is 5.91 Å². The van der Waals surface area contributed by atoms with Crippen LogP contribution in [0.5, 0.6) is 0 Å². The second-order valence-electron chi connectivity index (χ2n) is 8.37. The molecule has 0 bridgehead atoms. The second-order valence-corrected chi connectivity index (χ2v) is 9.35. The van der Waals surface area contributed by atoms with Crippen molar-refractivity contribution in [2.45, 2.75) is 63.3 Å². The quantitative estimate of drug-likeness (QED) is 0.807. The number of hydrogen-bond acceptors (Lipinski definition) is 5. The Bertz CT molecular complexity index is 772. The van der Waals surface area contributed by atoms with Gasteiger partial charge in [0, 0.05) is 36.3 Å². The molecule has 1 saturated heterocycles. The van der Waals surface area contributed by atoms with E-state index in [1.807, 2.05) is 25.3 Å².